The molecule has 3 nitrogen and oxygen atoms in total. The Morgan fingerprint density at radius 1 is 1.15 bits per heavy atom. The molecule has 20 heavy (non-hydrogen) atoms. The summed E-state index contributed by atoms with van der Waals surface area (Å²) < 4.78 is 3.36. The van der Waals surface area contributed by atoms with Crippen LogP contribution in [0.2, 0.25) is 0 Å². The van der Waals surface area contributed by atoms with Gasteiger partial charge in [0.15, 0.2) is 0 Å². The number of nitrogens with zero attached hydrogens (tertiary/aromatic N) is 2. The van der Waals surface area contributed by atoms with Crippen LogP contribution in [0.3, 0.4) is 0 Å². The molecule has 4 heteroatoms. The molecular formula is C16H20BrN3. The predicted octanol–water partition coefficient (Wildman–Crippen LogP) is 3.85. The normalized spacial score (nSPS) is 16.6. The first-order chi connectivity index (χ1) is 9.66. The Morgan fingerprint density at radius 3 is 2.45 bits per heavy atom. The van der Waals surface area contributed by atoms with Gasteiger partial charge in [0, 0.05) is 15.7 Å². The van der Waals surface area contributed by atoms with E-state index in [-0.39, 0.29) is 0 Å². The van der Waals surface area contributed by atoms with Gasteiger partial charge in [-0.2, -0.15) is 5.10 Å². The van der Waals surface area contributed by atoms with E-state index in [4.69, 9.17) is 5.10 Å². The third kappa shape index (κ3) is 2.54. The van der Waals surface area contributed by atoms with Crippen LogP contribution >= 0.6 is 15.9 Å². The molecular weight excluding hydrogens is 314 g/mol. The van der Waals surface area contributed by atoms with Crippen LogP contribution in [-0.2, 0) is 0 Å². The number of rotatable bonds is 2. The zero-order chi connectivity index (χ0) is 14.1. The fraction of sp³-hybridized carbons (Fsp3) is 0.438. The Kier molecular flexibility index (Phi) is 3.94. The molecule has 2 heterocycles. The topological polar surface area (TPSA) is 29.9 Å². The molecule has 1 aromatic heterocycles. The molecule has 0 saturated carbocycles. The molecule has 0 radical (unpaired) electrons. The van der Waals surface area contributed by atoms with E-state index in [1.54, 1.807) is 0 Å². The van der Waals surface area contributed by atoms with Crippen molar-refractivity contribution in [2.45, 2.75) is 32.7 Å². The van der Waals surface area contributed by atoms with Crippen LogP contribution in [0, 0.1) is 13.8 Å². The van der Waals surface area contributed by atoms with Gasteiger partial charge < -0.3 is 5.32 Å². The van der Waals surface area contributed by atoms with E-state index in [0.717, 1.165) is 23.3 Å². The van der Waals surface area contributed by atoms with Crippen molar-refractivity contribution in [1.29, 1.82) is 0 Å². The van der Waals surface area contributed by atoms with Gasteiger partial charge in [0.25, 0.3) is 0 Å². The van der Waals surface area contributed by atoms with Crippen molar-refractivity contribution in [2.24, 2.45) is 0 Å². The minimum absolute atomic E-state index is 0.541. The summed E-state index contributed by atoms with van der Waals surface area (Å²) >= 11 is 3.50. The molecule has 0 atom stereocenters. The lowest BCUT2D eigenvalue weighted by Crippen LogP contribution is -2.30. The molecule has 0 amide bonds. The Morgan fingerprint density at radius 2 is 1.80 bits per heavy atom. The second-order valence-corrected chi connectivity index (χ2v) is 6.39. The Labute approximate surface area is 128 Å². The Balaban J connectivity index is 1.99. The van der Waals surface area contributed by atoms with Gasteiger partial charge in [-0.05, 0) is 57.5 Å². The second-order valence-electron chi connectivity index (χ2n) is 5.48. The van der Waals surface area contributed by atoms with Crippen molar-refractivity contribution in [3.8, 4) is 11.1 Å². The number of benzene rings is 1. The fourth-order valence-corrected chi connectivity index (χ4v) is 3.37. The molecule has 1 aliphatic rings. The maximum absolute atomic E-state index is 4.81. The number of piperidine rings is 1. The van der Waals surface area contributed by atoms with Gasteiger partial charge in [0.05, 0.1) is 11.7 Å². The first-order valence-corrected chi connectivity index (χ1v) is 7.98. The highest BCUT2D eigenvalue weighted by molar-refractivity contribution is 9.10. The predicted molar refractivity (Wildman–Crippen MR) is 86.0 cm³/mol. The molecule has 0 unspecified atom stereocenters. The average Bonchev–Trinajstić information content (AvgIpc) is 2.76. The minimum atomic E-state index is 0.541. The van der Waals surface area contributed by atoms with E-state index in [1.807, 2.05) is 0 Å². The molecule has 1 aliphatic heterocycles. The van der Waals surface area contributed by atoms with E-state index in [2.05, 4.69) is 64.0 Å². The van der Waals surface area contributed by atoms with Gasteiger partial charge in [-0.3, -0.25) is 4.68 Å². The highest BCUT2D eigenvalue weighted by Crippen LogP contribution is 2.31. The lowest BCUT2D eigenvalue weighted by Gasteiger charge is -2.24. The molecule has 106 valence electrons. The molecule has 1 aromatic carbocycles. The monoisotopic (exact) mass is 333 g/mol. The lowest BCUT2D eigenvalue weighted by atomic mass is 10.0. The fourth-order valence-electron chi connectivity index (χ4n) is 3.10. The summed E-state index contributed by atoms with van der Waals surface area (Å²) in [5.74, 6) is 0. The van der Waals surface area contributed by atoms with Crippen molar-refractivity contribution in [2.75, 3.05) is 13.1 Å². The minimum Gasteiger partial charge on any atom is -0.317 e. The molecule has 2 aromatic rings. The highest BCUT2D eigenvalue weighted by atomic mass is 79.9. The summed E-state index contributed by atoms with van der Waals surface area (Å²) in [4.78, 5) is 0. The van der Waals surface area contributed by atoms with Crippen LogP contribution in [0.5, 0.6) is 0 Å². The van der Waals surface area contributed by atoms with Gasteiger partial charge in [-0.1, -0.05) is 28.1 Å². The summed E-state index contributed by atoms with van der Waals surface area (Å²) in [6, 6.07) is 9.05. The lowest BCUT2D eigenvalue weighted by molar-refractivity contribution is 0.337. The van der Waals surface area contributed by atoms with Crippen LogP contribution < -0.4 is 5.32 Å². The van der Waals surface area contributed by atoms with Gasteiger partial charge >= 0.3 is 0 Å². The maximum atomic E-state index is 4.81. The molecule has 0 spiro atoms. The van der Waals surface area contributed by atoms with E-state index < -0.39 is 0 Å². The number of aryl methyl sites for hydroxylation is 1. The van der Waals surface area contributed by atoms with Crippen LogP contribution in [0.1, 0.15) is 30.3 Å². The SMILES string of the molecule is Cc1nn(C2CCNCC2)c(C)c1-c1ccc(Br)cc1. The average molecular weight is 334 g/mol. The smallest absolute Gasteiger partial charge is 0.0675 e. The van der Waals surface area contributed by atoms with Crippen molar-refractivity contribution >= 4 is 15.9 Å². The zero-order valence-electron chi connectivity index (χ0n) is 12.0. The van der Waals surface area contributed by atoms with Crippen molar-refractivity contribution in [1.82, 2.24) is 15.1 Å². The number of halogens is 1. The molecule has 0 aliphatic carbocycles. The first-order valence-electron chi connectivity index (χ1n) is 7.19. The first kappa shape index (κ1) is 13.8. The van der Waals surface area contributed by atoms with E-state index >= 15 is 0 Å². The van der Waals surface area contributed by atoms with Crippen molar-refractivity contribution < 1.29 is 0 Å². The summed E-state index contributed by atoms with van der Waals surface area (Å²) in [7, 11) is 0. The Hall–Kier alpha value is -1.13. The summed E-state index contributed by atoms with van der Waals surface area (Å²) in [5.41, 5.74) is 4.96. The standard InChI is InChI=1S/C16H20BrN3/c1-11-16(13-3-5-14(17)6-4-13)12(2)20(19-11)15-7-9-18-10-8-15/h3-6,15,18H,7-10H2,1-2H3. The van der Waals surface area contributed by atoms with Gasteiger partial charge in [0.1, 0.15) is 0 Å². The highest BCUT2D eigenvalue weighted by Gasteiger charge is 2.21. The van der Waals surface area contributed by atoms with Crippen LogP contribution in [-0.4, -0.2) is 22.9 Å². The quantitative estimate of drug-likeness (QED) is 0.904. The van der Waals surface area contributed by atoms with Crippen molar-refractivity contribution in [3.63, 3.8) is 0 Å². The van der Waals surface area contributed by atoms with Gasteiger partial charge in [0.2, 0.25) is 0 Å². The second kappa shape index (κ2) is 5.70. The maximum Gasteiger partial charge on any atom is 0.0675 e. The Bertz CT molecular complexity index is 595. The zero-order valence-corrected chi connectivity index (χ0v) is 13.6. The third-order valence-corrected chi connectivity index (χ3v) is 4.64. The van der Waals surface area contributed by atoms with E-state index in [1.165, 1.54) is 29.7 Å². The van der Waals surface area contributed by atoms with Crippen LogP contribution in [0.15, 0.2) is 28.7 Å². The number of nitrogens with one attached hydrogen (secondary N) is 1. The summed E-state index contributed by atoms with van der Waals surface area (Å²) in [6.45, 7) is 6.49. The number of hydrogen-bond acceptors (Lipinski definition) is 2. The largest absolute Gasteiger partial charge is 0.317 e. The molecule has 1 saturated heterocycles. The van der Waals surface area contributed by atoms with Crippen molar-refractivity contribution in [3.05, 3.63) is 40.1 Å². The van der Waals surface area contributed by atoms with Crippen LogP contribution in [0.4, 0.5) is 0 Å². The van der Waals surface area contributed by atoms with E-state index in [0.29, 0.717) is 6.04 Å². The number of aromatic nitrogens is 2. The molecule has 3 rings (SSSR count). The molecule has 0 bridgehead atoms. The van der Waals surface area contributed by atoms with Gasteiger partial charge in [-0.15, -0.1) is 0 Å². The van der Waals surface area contributed by atoms with Gasteiger partial charge in [-0.25, -0.2) is 0 Å². The number of hydrogen-bond donors (Lipinski definition) is 1. The molecule has 1 N–H and O–H groups in total. The molecule has 1 fully saturated rings. The summed E-state index contributed by atoms with van der Waals surface area (Å²) in [6.07, 6.45) is 2.34. The third-order valence-electron chi connectivity index (χ3n) is 4.11. The van der Waals surface area contributed by atoms with Crippen LogP contribution in [0.25, 0.3) is 11.1 Å². The summed E-state index contributed by atoms with van der Waals surface area (Å²) in [5, 5.41) is 8.23. The van der Waals surface area contributed by atoms with E-state index in [9.17, 15) is 0 Å².